The van der Waals surface area contributed by atoms with Gasteiger partial charge in [-0.1, -0.05) is 24.3 Å². The van der Waals surface area contributed by atoms with Gasteiger partial charge in [-0.05, 0) is 18.2 Å². The van der Waals surface area contributed by atoms with Gasteiger partial charge in [-0.3, -0.25) is 4.79 Å². The summed E-state index contributed by atoms with van der Waals surface area (Å²) in [7, 11) is 2.92. The molecule has 0 aromatic heterocycles. The number of hydrogen-bond acceptors (Lipinski definition) is 3. The van der Waals surface area contributed by atoms with Crippen molar-refractivity contribution in [2.75, 3.05) is 14.2 Å². The number of carbonyl (C=O) groups excluding carboxylic acids is 1. The monoisotopic (exact) mass is 339 g/mol. The molecular weight excluding hydrogens is 323 g/mol. The summed E-state index contributed by atoms with van der Waals surface area (Å²) in [6, 6.07) is 9.72. The molecule has 0 bridgehead atoms. The van der Waals surface area contributed by atoms with Crippen molar-refractivity contribution in [2.24, 2.45) is 0 Å². The number of nitrogens with one attached hydrogen (secondary N) is 1. The molecule has 1 N–H and O–H groups in total. The maximum absolute atomic E-state index is 13.0. The summed E-state index contributed by atoms with van der Waals surface area (Å²) in [6.45, 7) is 0.00536. The highest BCUT2D eigenvalue weighted by Gasteiger charge is 2.34. The number of alkyl halides is 3. The van der Waals surface area contributed by atoms with Crippen LogP contribution < -0.4 is 14.8 Å². The van der Waals surface area contributed by atoms with Gasteiger partial charge in [-0.2, -0.15) is 13.2 Å². The van der Waals surface area contributed by atoms with Crippen LogP contribution in [-0.4, -0.2) is 20.1 Å². The van der Waals surface area contributed by atoms with Gasteiger partial charge in [0.15, 0.2) is 11.5 Å². The summed E-state index contributed by atoms with van der Waals surface area (Å²) < 4.78 is 49.3. The van der Waals surface area contributed by atoms with Crippen molar-refractivity contribution in [3.8, 4) is 11.5 Å². The van der Waals surface area contributed by atoms with Crippen LogP contribution in [0.15, 0.2) is 42.5 Å². The number of rotatable bonds is 5. The molecule has 0 spiro atoms. The van der Waals surface area contributed by atoms with Gasteiger partial charge in [0.05, 0.1) is 25.3 Å². The highest BCUT2D eigenvalue weighted by atomic mass is 19.4. The highest BCUT2D eigenvalue weighted by Crippen LogP contribution is 2.32. The largest absolute Gasteiger partial charge is 0.493 e. The van der Waals surface area contributed by atoms with Gasteiger partial charge in [0.2, 0.25) is 0 Å². The van der Waals surface area contributed by atoms with E-state index in [9.17, 15) is 18.0 Å². The Kier molecular flexibility index (Phi) is 5.33. The summed E-state index contributed by atoms with van der Waals surface area (Å²) in [5.41, 5.74) is -0.804. The molecule has 24 heavy (non-hydrogen) atoms. The van der Waals surface area contributed by atoms with Crippen molar-refractivity contribution >= 4 is 5.91 Å². The molecule has 1 amide bonds. The van der Waals surface area contributed by atoms with E-state index < -0.39 is 23.2 Å². The van der Waals surface area contributed by atoms with Crippen LogP contribution in [0.4, 0.5) is 13.2 Å². The maximum Gasteiger partial charge on any atom is 0.417 e. The van der Waals surface area contributed by atoms with Crippen molar-refractivity contribution in [3.63, 3.8) is 0 Å². The molecule has 0 aliphatic heterocycles. The number of hydrogen-bond donors (Lipinski definition) is 1. The molecule has 4 nitrogen and oxygen atoms in total. The number of methoxy groups -OCH3 is 2. The second-order valence-electron chi connectivity index (χ2n) is 4.88. The molecule has 2 rings (SSSR count). The van der Waals surface area contributed by atoms with Gasteiger partial charge in [0.1, 0.15) is 0 Å². The summed E-state index contributed by atoms with van der Waals surface area (Å²) in [5, 5.41) is 2.48. The lowest BCUT2D eigenvalue weighted by atomic mass is 10.1. The third-order valence-electron chi connectivity index (χ3n) is 3.40. The van der Waals surface area contributed by atoms with E-state index in [-0.39, 0.29) is 6.54 Å². The van der Waals surface area contributed by atoms with Crippen LogP contribution in [0.2, 0.25) is 0 Å². The Labute approximate surface area is 137 Å². The number of para-hydroxylation sites is 1. The molecule has 0 heterocycles. The molecule has 0 aliphatic rings. The smallest absolute Gasteiger partial charge is 0.417 e. The van der Waals surface area contributed by atoms with E-state index in [2.05, 4.69) is 5.32 Å². The van der Waals surface area contributed by atoms with Crippen LogP contribution in [0, 0.1) is 0 Å². The first-order valence-electron chi connectivity index (χ1n) is 7.02. The number of benzene rings is 2. The standard InChI is InChI=1S/C17H16F3NO3/c1-23-14-9-5-6-11(15(14)24-2)10-21-16(22)12-7-3-4-8-13(12)17(18,19)20/h3-9H,10H2,1-2H3,(H,21,22). The Morgan fingerprint density at radius 2 is 1.75 bits per heavy atom. The lowest BCUT2D eigenvalue weighted by molar-refractivity contribution is -0.137. The van der Waals surface area contributed by atoms with Crippen LogP contribution in [0.25, 0.3) is 0 Å². The van der Waals surface area contributed by atoms with Crippen LogP contribution in [0.1, 0.15) is 21.5 Å². The third kappa shape index (κ3) is 3.79. The molecular formula is C17H16F3NO3. The Morgan fingerprint density at radius 1 is 1.04 bits per heavy atom. The summed E-state index contributed by atoms with van der Waals surface area (Å²) in [5.74, 6) is 0.0807. The van der Waals surface area contributed by atoms with Crippen LogP contribution in [0.3, 0.4) is 0 Å². The van der Waals surface area contributed by atoms with E-state index in [1.807, 2.05) is 0 Å². The molecule has 7 heteroatoms. The Morgan fingerprint density at radius 3 is 2.38 bits per heavy atom. The molecule has 128 valence electrons. The molecule has 2 aromatic carbocycles. The molecule has 0 saturated heterocycles. The van der Waals surface area contributed by atoms with Gasteiger partial charge in [0.25, 0.3) is 5.91 Å². The van der Waals surface area contributed by atoms with E-state index in [4.69, 9.17) is 9.47 Å². The molecule has 2 aromatic rings. The van der Waals surface area contributed by atoms with Gasteiger partial charge in [-0.15, -0.1) is 0 Å². The summed E-state index contributed by atoms with van der Waals surface area (Å²) >= 11 is 0. The van der Waals surface area contributed by atoms with E-state index in [0.29, 0.717) is 17.1 Å². The average molecular weight is 339 g/mol. The van der Waals surface area contributed by atoms with Crippen LogP contribution >= 0.6 is 0 Å². The van der Waals surface area contributed by atoms with Gasteiger partial charge in [0, 0.05) is 12.1 Å². The minimum Gasteiger partial charge on any atom is -0.493 e. The highest BCUT2D eigenvalue weighted by molar-refractivity contribution is 5.95. The fraction of sp³-hybridized carbons (Fsp3) is 0.235. The SMILES string of the molecule is COc1cccc(CNC(=O)c2ccccc2C(F)(F)F)c1OC. The molecule has 0 radical (unpaired) electrons. The third-order valence-corrected chi connectivity index (χ3v) is 3.40. The Balaban J connectivity index is 2.21. The number of ether oxygens (including phenoxy) is 2. The quantitative estimate of drug-likeness (QED) is 0.904. The minimum absolute atomic E-state index is 0.00536. The molecule has 0 aliphatic carbocycles. The molecule has 0 unspecified atom stereocenters. The fourth-order valence-electron chi connectivity index (χ4n) is 2.29. The summed E-state index contributed by atoms with van der Waals surface area (Å²) in [4.78, 5) is 12.2. The maximum atomic E-state index is 13.0. The lowest BCUT2D eigenvalue weighted by Crippen LogP contribution is -2.26. The normalized spacial score (nSPS) is 11.0. The molecule has 0 atom stereocenters. The van der Waals surface area contributed by atoms with Crippen molar-refractivity contribution in [1.82, 2.24) is 5.32 Å². The second kappa shape index (κ2) is 7.25. The number of amides is 1. The van der Waals surface area contributed by atoms with E-state index >= 15 is 0 Å². The molecule has 0 fully saturated rings. The Hall–Kier alpha value is -2.70. The molecule has 0 saturated carbocycles. The average Bonchev–Trinajstić information content (AvgIpc) is 2.58. The minimum atomic E-state index is -4.60. The zero-order chi connectivity index (χ0) is 17.7. The number of carbonyl (C=O) groups is 1. The van der Waals surface area contributed by atoms with E-state index in [1.165, 1.54) is 26.4 Å². The van der Waals surface area contributed by atoms with E-state index in [0.717, 1.165) is 12.1 Å². The lowest BCUT2D eigenvalue weighted by Gasteiger charge is -2.15. The van der Waals surface area contributed by atoms with Crippen molar-refractivity contribution in [1.29, 1.82) is 0 Å². The second-order valence-corrected chi connectivity index (χ2v) is 4.88. The predicted octanol–water partition coefficient (Wildman–Crippen LogP) is 3.65. The first-order valence-corrected chi connectivity index (χ1v) is 7.02. The number of halogens is 3. The topological polar surface area (TPSA) is 47.6 Å². The van der Waals surface area contributed by atoms with Crippen molar-refractivity contribution < 1.29 is 27.4 Å². The van der Waals surface area contributed by atoms with Crippen LogP contribution in [0.5, 0.6) is 11.5 Å². The zero-order valence-electron chi connectivity index (χ0n) is 13.1. The van der Waals surface area contributed by atoms with Gasteiger partial charge >= 0.3 is 6.18 Å². The van der Waals surface area contributed by atoms with Crippen molar-refractivity contribution in [3.05, 3.63) is 59.2 Å². The fourth-order valence-corrected chi connectivity index (χ4v) is 2.29. The van der Waals surface area contributed by atoms with Crippen molar-refractivity contribution in [2.45, 2.75) is 12.7 Å². The van der Waals surface area contributed by atoms with Crippen LogP contribution in [-0.2, 0) is 12.7 Å². The predicted molar refractivity (Wildman–Crippen MR) is 82.2 cm³/mol. The first kappa shape index (κ1) is 17.7. The summed E-state index contributed by atoms with van der Waals surface area (Å²) in [6.07, 6.45) is -4.60. The van der Waals surface area contributed by atoms with E-state index in [1.54, 1.807) is 18.2 Å². The first-order chi connectivity index (χ1) is 11.4. The Bertz CT molecular complexity index is 729. The zero-order valence-corrected chi connectivity index (χ0v) is 13.1. The van der Waals surface area contributed by atoms with Gasteiger partial charge in [-0.25, -0.2) is 0 Å². The van der Waals surface area contributed by atoms with Gasteiger partial charge < -0.3 is 14.8 Å².